The lowest BCUT2D eigenvalue weighted by atomic mass is 9.83. The highest BCUT2D eigenvalue weighted by atomic mass is 16.6. The molecule has 0 amide bonds. The van der Waals surface area contributed by atoms with Gasteiger partial charge in [0, 0.05) is 4.79 Å². The molecule has 0 aromatic heterocycles. The van der Waals surface area contributed by atoms with Gasteiger partial charge in [0.1, 0.15) is 11.5 Å². The van der Waals surface area contributed by atoms with Crippen molar-refractivity contribution in [3.05, 3.63) is 12.2 Å². The number of hydrogen-bond acceptors (Lipinski definition) is 3. The zero-order valence-corrected chi connectivity index (χ0v) is 9.95. The van der Waals surface area contributed by atoms with Gasteiger partial charge in [-0.05, 0) is 33.6 Å². The van der Waals surface area contributed by atoms with Crippen molar-refractivity contribution in [3.63, 3.8) is 0 Å². The largest absolute Gasteiger partial charge is 0.564 e. The number of allylic oxidation sites excluding steroid dienone is 2. The molecule has 16 heavy (non-hydrogen) atoms. The first-order chi connectivity index (χ1) is 7.31. The molecule has 0 heterocycles. The lowest BCUT2D eigenvalue weighted by molar-refractivity contribution is -0.166. The van der Waals surface area contributed by atoms with Gasteiger partial charge in [-0.15, -0.1) is 0 Å². The standard InChI is InChI=1S/C12H18O4/c1-12(2,3)16-11(15)9-7-5-4-6-8(9)10(13)14/h4-5,8-9H,6-7H2,1-3H3,(H,13,14)/p+1/t8-,9+/m0/s1. The maximum atomic E-state index is 11.8. The van der Waals surface area contributed by atoms with Gasteiger partial charge in [-0.1, -0.05) is 12.2 Å². The summed E-state index contributed by atoms with van der Waals surface area (Å²) in [5.74, 6) is -2.09. The zero-order chi connectivity index (χ0) is 12.3. The molecule has 2 N–H and O–H groups in total. The fourth-order valence-corrected chi connectivity index (χ4v) is 1.74. The number of esters is 1. The summed E-state index contributed by atoms with van der Waals surface area (Å²) < 4.78 is 5.25. The number of carbonyl (C=O) groups is 2. The van der Waals surface area contributed by atoms with Crippen LogP contribution in [0, 0.1) is 11.8 Å². The van der Waals surface area contributed by atoms with Crippen molar-refractivity contribution in [2.45, 2.75) is 39.2 Å². The molecule has 0 aromatic carbocycles. The van der Waals surface area contributed by atoms with Crippen LogP contribution in [-0.4, -0.2) is 22.6 Å². The minimum Gasteiger partial charge on any atom is -0.564 e. The van der Waals surface area contributed by atoms with Gasteiger partial charge in [0.2, 0.25) is 0 Å². The molecule has 0 bridgehead atoms. The molecule has 4 nitrogen and oxygen atoms in total. The van der Waals surface area contributed by atoms with Crippen molar-refractivity contribution in [2.75, 3.05) is 0 Å². The van der Waals surface area contributed by atoms with Crippen molar-refractivity contribution in [3.8, 4) is 0 Å². The number of ether oxygens (including phenoxy) is 1. The van der Waals surface area contributed by atoms with Crippen LogP contribution in [0.3, 0.4) is 0 Å². The summed E-state index contributed by atoms with van der Waals surface area (Å²) in [5.41, 5.74) is -0.548. The minimum absolute atomic E-state index is 0.373. The van der Waals surface area contributed by atoms with E-state index in [1.165, 1.54) is 0 Å². The fraction of sp³-hybridized carbons (Fsp3) is 0.667. The van der Waals surface area contributed by atoms with Crippen LogP contribution in [0.5, 0.6) is 0 Å². The lowest BCUT2D eigenvalue weighted by Crippen LogP contribution is -2.36. The summed E-state index contributed by atoms with van der Waals surface area (Å²) in [7, 11) is 0. The van der Waals surface area contributed by atoms with Gasteiger partial charge in [-0.2, -0.15) is 0 Å². The Morgan fingerprint density at radius 3 is 2.12 bits per heavy atom. The number of carbonyl (C=O) groups excluding carboxylic acids is 2. The third-order valence-electron chi connectivity index (χ3n) is 2.48. The van der Waals surface area contributed by atoms with Gasteiger partial charge >= 0.3 is 11.9 Å². The first-order valence-electron chi connectivity index (χ1n) is 5.44. The van der Waals surface area contributed by atoms with E-state index in [-0.39, 0.29) is 5.97 Å². The van der Waals surface area contributed by atoms with E-state index in [4.69, 9.17) is 9.84 Å². The van der Waals surface area contributed by atoms with Gasteiger partial charge in [0.15, 0.2) is 0 Å². The second kappa shape index (κ2) is 4.68. The van der Waals surface area contributed by atoms with E-state index >= 15 is 0 Å². The highest BCUT2D eigenvalue weighted by Crippen LogP contribution is 2.28. The Morgan fingerprint density at radius 1 is 1.19 bits per heavy atom. The molecule has 0 saturated carbocycles. The Labute approximate surface area is 95.3 Å². The summed E-state index contributed by atoms with van der Waals surface area (Å²) >= 11 is 0. The third kappa shape index (κ3) is 3.36. The Kier molecular flexibility index (Phi) is 3.73. The second-order valence-corrected chi connectivity index (χ2v) is 5.05. The van der Waals surface area contributed by atoms with Crippen LogP contribution in [0.25, 0.3) is 0 Å². The van der Waals surface area contributed by atoms with Crippen molar-refractivity contribution >= 4 is 11.9 Å². The van der Waals surface area contributed by atoms with E-state index in [1.54, 1.807) is 20.8 Å². The molecule has 0 radical (unpaired) electrons. The Morgan fingerprint density at radius 2 is 1.69 bits per heavy atom. The molecule has 1 aliphatic carbocycles. The van der Waals surface area contributed by atoms with Crippen LogP contribution in [0.15, 0.2) is 12.2 Å². The zero-order valence-electron chi connectivity index (χ0n) is 9.95. The molecule has 4 heteroatoms. The molecule has 1 aliphatic rings. The highest BCUT2D eigenvalue weighted by Gasteiger charge is 2.40. The van der Waals surface area contributed by atoms with Crippen molar-refractivity contribution in [1.29, 1.82) is 0 Å². The monoisotopic (exact) mass is 227 g/mol. The van der Waals surface area contributed by atoms with E-state index in [2.05, 4.69) is 0 Å². The van der Waals surface area contributed by atoms with Crippen molar-refractivity contribution < 1.29 is 19.4 Å². The maximum Gasteiger partial charge on any atom is 0.520 e. The number of hydrogen-bond donors (Lipinski definition) is 0. The maximum absolute atomic E-state index is 11.8. The molecule has 0 spiro atoms. The molecule has 90 valence electrons. The summed E-state index contributed by atoms with van der Waals surface area (Å²) in [6.45, 7) is 5.38. The van der Waals surface area contributed by atoms with Crippen LogP contribution < -0.4 is 0 Å². The van der Waals surface area contributed by atoms with E-state index in [1.807, 2.05) is 12.2 Å². The summed E-state index contributed by atoms with van der Waals surface area (Å²) in [4.78, 5) is 22.9. The fourth-order valence-electron chi connectivity index (χ4n) is 1.74. The van der Waals surface area contributed by atoms with Crippen LogP contribution in [0.2, 0.25) is 0 Å². The molecule has 0 aliphatic heterocycles. The molecule has 0 aromatic rings. The van der Waals surface area contributed by atoms with Gasteiger partial charge in [-0.25, -0.2) is 0 Å². The predicted molar refractivity (Wildman–Crippen MR) is 59.8 cm³/mol. The summed E-state index contributed by atoms with van der Waals surface area (Å²) in [5, 5.41) is 7.15. The molecule has 0 unspecified atom stereocenters. The van der Waals surface area contributed by atoms with Gasteiger partial charge in [0.25, 0.3) is 0 Å². The van der Waals surface area contributed by atoms with Crippen molar-refractivity contribution in [2.24, 2.45) is 11.8 Å². The number of rotatable bonds is 2. The SMILES string of the molecule is CC(C)(C)OC(=O)[C@@H]1CC=CC[C@@H]1C(=O)[OH2+]. The lowest BCUT2D eigenvalue weighted by Gasteiger charge is -2.26. The van der Waals surface area contributed by atoms with Crippen LogP contribution in [0.1, 0.15) is 33.6 Å². The van der Waals surface area contributed by atoms with Gasteiger partial charge < -0.3 is 9.84 Å². The Hall–Kier alpha value is -1.32. The molecular weight excluding hydrogens is 208 g/mol. The Bertz CT molecular complexity index is 311. The van der Waals surface area contributed by atoms with Gasteiger partial charge in [0.05, 0.1) is 5.92 Å². The second-order valence-electron chi connectivity index (χ2n) is 5.05. The summed E-state index contributed by atoms with van der Waals surface area (Å²) in [6.07, 6.45) is 4.67. The average molecular weight is 227 g/mol. The smallest absolute Gasteiger partial charge is 0.520 e. The van der Waals surface area contributed by atoms with E-state index in [0.717, 1.165) is 0 Å². The molecule has 0 fully saturated rings. The Balaban J connectivity index is 2.73. The quantitative estimate of drug-likeness (QED) is 0.404. The minimum atomic E-state index is -0.680. The van der Waals surface area contributed by atoms with Gasteiger partial charge in [-0.3, -0.25) is 4.79 Å². The molecule has 0 saturated heterocycles. The summed E-state index contributed by atoms with van der Waals surface area (Å²) in [6, 6.07) is 0. The third-order valence-corrected chi connectivity index (χ3v) is 2.48. The van der Waals surface area contributed by atoms with E-state index in [9.17, 15) is 9.59 Å². The highest BCUT2D eigenvalue weighted by molar-refractivity contribution is 5.82. The van der Waals surface area contributed by atoms with E-state index in [0.29, 0.717) is 12.8 Å². The molecular formula is C12H19O4+. The first-order valence-corrected chi connectivity index (χ1v) is 5.44. The molecule has 2 atom stereocenters. The topological polar surface area (TPSA) is 66.3 Å². The average Bonchev–Trinajstić information content (AvgIpc) is 2.15. The van der Waals surface area contributed by atoms with Crippen LogP contribution in [-0.2, 0) is 14.3 Å². The van der Waals surface area contributed by atoms with E-state index < -0.39 is 23.4 Å². The van der Waals surface area contributed by atoms with Crippen LogP contribution in [0.4, 0.5) is 0 Å². The molecule has 1 rings (SSSR count). The van der Waals surface area contributed by atoms with Crippen molar-refractivity contribution in [1.82, 2.24) is 0 Å². The normalized spacial score (nSPS) is 25.2. The predicted octanol–water partition coefficient (Wildman–Crippen LogP) is 1.16. The van der Waals surface area contributed by atoms with Crippen LogP contribution >= 0.6 is 0 Å². The first kappa shape index (κ1) is 12.7.